The third-order valence-corrected chi connectivity index (χ3v) is 3.77. The van der Waals surface area contributed by atoms with E-state index in [1.807, 2.05) is 5.32 Å². The second-order valence-corrected chi connectivity index (χ2v) is 5.63. The zero-order chi connectivity index (χ0) is 20.3. The Balaban J connectivity index is 2.01. The van der Waals surface area contributed by atoms with Crippen molar-refractivity contribution in [2.24, 2.45) is 0 Å². The van der Waals surface area contributed by atoms with Crippen LogP contribution in [0.4, 0.5) is 14.9 Å². The van der Waals surface area contributed by atoms with Gasteiger partial charge in [0.2, 0.25) is 0 Å². The van der Waals surface area contributed by atoms with Gasteiger partial charge in [0, 0.05) is 5.56 Å². The van der Waals surface area contributed by atoms with Crippen molar-refractivity contribution in [3.8, 4) is 5.75 Å². The molecule has 1 saturated heterocycles. The van der Waals surface area contributed by atoms with Crippen LogP contribution in [0.15, 0.2) is 54.1 Å². The molecule has 142 valence electrons. The zero-order valence-electron chi connectivity index (χ0n) is 14.2. The van der Waals surface area contributed by atoms with Gasteiger partial charge in [0.05, 0.1) is 5.69 Å². The van der Waals surface area contributed by atoms with Gasteiger partial charge in [-0.15, -0.1) is 0 Å². The number of anilines is 1. The highest BCUT2D eigenvalue weighted by Crippen LogP contribution is 2.26. The largest absolute Gasteiger partial charge is 0.481 e. The van der Waals surface area contributed by atoms with Crippen molar-refractivity contribution in [2.75, 3.05) is 11.5 Å². The number of carboxylic acid groups (broad SMARTS) is 1. The minimum Gasteiger partial charge on any atom is -0.481 e. The number of carbonyl (C=O) groups is 4. The fourth-order valence-corrected chi connectivity index (χ4v) is 2.54. The summed E-state index contributed by atoms with van der Waals surface area (Å²) in [6, 6.07) is 10.2. The first-order valence-corrected chi connectivity index (χ1v) is 7.98. The van der Waals surface area contributed by atoms with Crippen LogP contribution in [-0.2, 0) is 14.4 Å². The number of nitrogens with zero attached hydrogens (tertiary/aromatic N) is 1. The molecule has 0 saturated carbocycles. The van der Waals surface area contributed by atoms with Crippen molar-refractivity contribution < 1.29 is 33.4 Å². The number of halogens is 1. The molecule has 0 aliphatic carbocycles. The Kier molecular flexibility index (Phi) is 5.16. The van der Waals surface area contributed by atoms with Crippen LogP contribution in [0.25, 0.3) is 6.08 Å². The quantitative estimate of drug-likeness (QED) is 0.602. The third-order valence-electron chi connectivity index (χ3n) is 3.77. The number of carbonyl (C=O) groups excluding carboxylic acids is 3. The highest BCUT2D eigenvalue weighted by Gasteiger charge is 2.38. The van der Waals surface area contributed by atoms with Gasteiger partial charge in [-0.05, 0) is 24.3 Å². The minimum atomic E-state index is -1.20. The predicted molar refractivity (Wildman–Crippen MR) is 95.0 cm³/mol. The van der Waals surface area contributed by atoms with Gasteiger partial charge in [-0.2, -0.15) is 0 Å². The summed E-state index contributed by atoms with van der Waals surface area (Å²) in [4.78, 5) is 48.3. The molecule has 0 spiro atoms. The van der Waals surface area contributed by atoms with Gasteiger partial charge in [-0.1, -0.05) is 30.3 Å². The molecule has 2 aromatic rings. The van der Waals surface area contributed by atoms with Crippen molar-refractivity contribution in [1.82, 2.24) is 5.32 Å². The van der Waals surface area contributed by atoms with E-state index in [-0.39, 0.29) is 17.0 Å². The number of ether oxygens (including phenoxy) is 1. The summed E-state index contributed by atoms with van der Waals surface area (Å²) in [6.45, 7) is -0.625. The van der Waals surface area contributed by atoms with Crippen LogP contribution in [0.2, 0.25) is 0 Å². The Morgan fingerprint density at radius 1 is 1.11 bits per heavy atom. The highest BCUT2D eigenvalue weighted by atomic mass is 19.1. The Hall–Kier alpha value is -4.01. The van der Waals surface area contributed by atoms with Crippen LogP contribution in [0.1, 0.15) is 5.56 Å². The first-order valence-electron chi connectivity index (χ1n) is 7.98. The standard InChI is InChI=1S/C19H13FN2O6/c20-13-6-2-3-7-14(13)22-18(26)12(17(25)21-19(22)27)9-11-5-1-4-8-15(11)28-10-16(23)24/h1-9H,10H2,(H,23,24)(H,21,25,27). The van der Waals surface area contributed by atoms with Gasteiger partial charge in [0.25, 0.3) is 11.8 Å². The van der Waals surface area contributed by atoms with E-state index in [2.05, 4.69) is 0 Å². The van der Waals surface area contributed by atoms with Gasteiger partial charge < -0.3 is 9.84 Å². The number of amides is 4. The van der Waals surface area contributed by atoms with Crippen molar-refractivity contribution in [2.45, 2.75) is 0 Å². The fourth-order valence-electron chi connectivity index (χ4n) is 2.54. The predicted octanol–water partition coefficient (Wildman–Crippen LogP) is 1.96. The second kappa shape index (κ2) is 7.70. The number of aliphatic carboxylic acids is 1. The van der Waals surface area contributed by atoms with E-state index >= 15 is 0 Å². The van der Waals surface area contributed by atoms with E-state index in [0.717, 1.165) is 12.1 Å². The molecule has 28 heavy (non-hydrogen) atoms. The summed E-state index contributed by atoms with van der Waals surface area (Å²) in [6.07, 6.45) is 1.15. The first-order chi connectivity index (χ1) is 13.4. The summed E-state index contributed by atoms with van der Waals surface area (Å²) in [5, 5.41) is 10.7. The molecule has 0 radical (unpaired) electrons. The SMILES string of the molecule is O=C(O)COc1ccccc1C=C1C(=O)NC(=O)N(c2ccccc2F)C1=O. The number of carboxylic acids is 1. The molecule has 1 heterocycles. The number of barbiturate groups is 1. The van der Waals surface area contributed by atoms with E-state index in [4.69, 9.17) is 9.84 Å². The number of urea groups is 1. The Labute approximate surface area is 157 Å². The van der Waals surface area contributed by atoms with E-state index in [1.165, 1.54) is 30.3 Å². The van der Waals surface area contributed by atoms with E-state index < -0.39 is 41.8 Å². The van der Waals surface area contributed by atoms with Crippen molar-refractivity contribution in [3.63, 3.8) is 0 Å². The second-order valence-electron chi connectivity index (χ2n) is 5.63. The van der Waals surface area contributed by atoms with Crippen molar-refractivity contribution >= 4 is 35.6 Å². The summed E-state index contributed by atoms with van der Waals surface area (Å²) in [5.74, 6) is -3.88. The van der Waals surface area contributed by atoms with Crippen LogP contribution in [0, 0.1) is 5.82 Å². The maximum Gasteiger partial charge on any atom is 0.341 e. The van der Waals surface area contributed by atoms with E-state index in [9.17, 15) is 23.6 Å². The van der Waals surface area contributed by atoms with Crippen LogP contribution in [0.5, 0.6) is 5.75 Å². The molecule has 0 aromatic heterocycles. The molecule has 2 N–H and O–H groups in total. The lowest BCUT2D eigenvalue weighted by Crippen LogP contribution is -2.54. The molecule has 0 atom stereocenters. The summed E-state index contributed by atoms with van der Waals surface area (Å²) >= 11 is 0. The molecule has 1 aliphatic rings. The summed E-state index contributed by atoms with van der Waals surface area (Å²) in [7, 11) is 0. The number of hydrogen-bond donors (Lipinski definition) is 2. The number of benzene rings is 2. The maximum atomic E-state index is 14.1. The van der Waals surface area contributed by atoms with E-state index in [0.29, 0.717) is 4.90 Å². The van der Waals surface area contributed by atoms with E-state index in [1.54, 1.807) is 12.1 Å². The minimum absolute atomic E-state index is 0.118. The lowest BCUT2D eigenvalue weighted by molar-refractivity contribution is -0.139. The molecule has 4 amide bonds. The number of imide groups is 2. The molecule has 8 nitrogen and oxygen atoms in total. The Morgan fingerprint density at radius 2 is 1.79 bits per heavy atom. The Bertz CT molecular complexity index is 1020. The van der Waals surface area contributed by atoms with Gasteiger partial charge >= 0.3 is 12.0 Å². The molecule has 2 aromatic carbocycles. The van der Waals surface area contributed by atoms with Gasteiger partial charge in [-0.25, -0.2) is 18.9 Å². The molecule has 0 bridgehead atoms. The van der Waals surface area contributed by atoms with Gasteiger partial charge in [0.15, 0.2) is 6.61 Å². The van der Waals surface area contributed by atoms with Gasteiger partial charge in [-0.3, -0.25) is 14.9 Å². The highest BCUT2D eigenvalue weighted by molar-refractivity contribution is 6.39. The van der Waals surface area contributed by atoms with Crippen LogP contribution < -0.4 is 15.0 Å². The molecule has 9 heteroatoms. The summed E-state index contributed by atoms with van der Waals surface area (Å²) in [5.41, 5.74) is -0.502. The zero-order valence-corrected chi connectivity index (χ0v) is 14.2. The monoisotopic (exact) mass is 384 g/mol. The smallest absolute Gasteiger partial charge is 0.341 e. The van der Waals surface area contributed by atoms with Crippen molar-refractivity contribution in [1.29, 1.82) is 0 Å². The average molecular weight is 384 g/mol. The lowest BCUT2D eigenvalue weighted by Gasteiger charge is -2.26. The first kappa shape index (κ1) is 18.8. The number of nitrogens with one attached hydrogen (secondary N) is 1. The molecular weight excluding hydrogens is 371 g/mol. The molecule has 3 rings (SSSR count). The Morgan fingerprint density at radius 3 is 2.50 bits per heavy atom. The van der Waals surface area contributed by atoms with Crippen molar-refractivity contribution in [3.05, 3.63) is 65.5 Å². The normalized spacial score (nSPS) is 15.5. The van der Waals surface area contributed by atoms with Crippen LogP contribution in [0.3, 0.4) is 0 Å². The third kappa shape index (κ3) is 3.73. The molecule has 1 aliphatic heterocycles. The number of para-hydroxylation sites is 2. The topological polar surface area (TPSA) is 113 Å². The van der Waals surface area contributed by atoms with Gasteiger partial charge in [0.1, 0.15) is 17.1 Å². The molecular formula is C19H13FN2O6. The molecule has 1 fully saturated rings. The molecule has 0 unspecified atom stereocenters. The number of rotatable bonds is 5. The summed E-state index contributed by atoms with van der Waals surface area (Å²) < 4.78 is 19.2. The number of hydrogen-bond acceptors (Lipinski definition) is 5. The fraction of sp³-hybridized carbons (Fsp3) is 0.0526. The average Bonchev–Trinajstić information content (AvgIpc) is 2.65. The van der Waals surface area contributed by atoms with Crippen LogP contribution >= 0.6 is 0 Å². The van der Waals surface area contributed by atoms with Crippen LogP contribution in [-0.4, -0.2) is 35.5 Å². The lowest BCUT2D eigenvalue weighted by atomic mass is 10.1. The maximum absolute atomic E-state index is 14.1.